The molecular formula is C20H29N5O. The van der Waals surface area contributed by atoms with Crippen LogP contribution in [0.25, 0.3) is 10.9 Å². The Hall–Kier alpha value is -2.18. The number of benzene rings is 1. The van der Waals surface area contributed by atoms with Gasteiger partial charge in [0, 0.05) is 57.3 Å². The van der Waals surface area contributed by atoms with E-state index in [1.54, 1.807) is 19.0 Å². The smallest absolute Gasteiger partial charge is 0.236 e. The minimum Gasteiger partial charge on any atom is -0.354 e. The van der Waals surface area contributed by atoms with Crippen LogP contribution in [-0.4, -0.2) is 67.5 Å². The zero-order valence-corrected chi connectivity index (χ0v) is 16.2. The summed E-state index contributed by atoms with van der Waals surface area (Å²) in [4.78, 5) is 23.1. The monoisotopic (exact) mass is 355 g/mol. The second kappa shape index (κ2) is 7.60. The summed E-state index contributed by atoms with van der Waals surface area (Å²) in [6.07, 6.45) is 0. The fraction of sp³-hybridized carbons (Fsp3) is 0.500. The number of anilines is 1. The number of aromatic nitrogens is 1. The van der Waals surface area contributed by atoms with Crippen LogP contribution in [0, 0.1) is 6.92 Å². The van der Waals surface area contributed by atoms with E-state index in [1.165, 1.54) is 5.56 Å². The van der Waals surface area contributed by atoms with E-state index in [0.29, 0.717) is 6.54 Å². The molecule has 1 amide bonds. The van der Waals surface area contributed by atoms with Crippen molar-refractivity contribution in [2.45, 2.75) is 19.9 Å². The molecule has 2 N–H and O–H groups in total. The molecule has 0 saturated carbocycles. The maximum atomic E-state index is 11.9. The second-order valence-corrected chi connectivity index (χ2v) is 7.39. The number of carbonyl (C=O) groups is 1. The molecule has 1 aliphatic heterocycles. The number of fused-ring (bicyclic) bond motifs is 1. The van der Waals surface area contributed by atoms with Crippen LogP contribution in [0.3, 0.4) is 0 Å². The predicted octanol–water partition coefficient (Wildman–Crippen LogP) is 1.77. The van der Waals surface area contributed by atoms with Crippen LogP contribution >= 0.6 is 0 Å². The summed E-state index contributed by atoms with van der Waals surface area (Å²) in [6.45, 7) is 7.99. The number of rotatable bonds is 4. The van der Waals surface area contributed by atoms with E-state index >= 15 is 0 Å². The van der Waals surface area contributed by atoms with Crippen LogP contribution in [0.2, 0.25) is 0 Å². The van der Waals surface area contributed by atoms with Crippen LogP contribution in [0.5, 0.6) is 0 Å². The third-order valence-corrected chi connectivity index (χ3v) is 5.08. The van der Waals surface area contributed by atoms with Gasteiger partial charge in [0.25, 0.3) is 0 Å². The molecule has 1 aromatic heterocycles. The van der Waals surface area contributed by atoms with Crippen molar-refractivity contribution < 1.29 is 4.79 Å². The zero-order valence-electron chi connectivity index (χ0n) is 16.2. The molecule has 6 nitrogen and oxygen atoms in total. The largest absolute Gasteiger partial charge is 0.354 e. The van der Waals surface area contributed by atoms with Gasteiger partial charge in [-0.25, -0.2) is 4.98 Å². The average molecular weight is 355 g/mol. The maximum absolute atomic E-state index is 11.9. The molecule has 1 saturated heterocycles. The quantitative estimate of drug-likeness (QED) is 0.905. The highest BCUT2D eigenvalue weighted by molar-refractivity contribution is 5.85. The van der Waals surface area contributed by atoms with E-state index < -0.39 is 0 Å². The average Bonchev–Trinajstić information content (AvgIpc) is 2.61. The topological polar surface area (TPSA) is 65.7 Å². The first-order chi connectivity index (χ1) is 12.4. The van der Waals surface area contributed by atoms with Crippen molar-refractivity contribution in [2.24, 2.45) is 5.73 Å². The Morgan fingerprint density at radius 1 is 1.27 bits per heavy atom. The molecule has 0 bridgehead atoms. The molecule has 1 atom stereocenters. The highest BCUT2D eigenvalue weighted by Crippen LogP contribution is 2.29. The minimum atomic E-state index is -0.0734. The highest BCUT2D eigenvalue weighted by Gasteiger charge is 2.23. The number of hydrogen-bond acceptors (Lipinski definition) is 5. The molecule has 1 unspecified atom stereocenters. The molecular weight excluding hydrogens is 326 g/mol. The number of pyridine rings is 1. The summed E-state index contributed by atoms with van der Waals surface area (Å²) in [5.41, 5.74) is 9.55. The number of nitrogens with two attached hydrogens (primary N) is 1. The number of likely N-dealkylation sites (N-methyl/N-ethyl adjacent to an activating group) is 1. The summed E-state index contributed by atoms with van der Waals surface area (Å²) in [5, 5.41) is 1.14. The molecule has 0 radical (unpaired) electrons. The van der Waals surface area contributed by atoms with E-state index in [9.17, 15) is 4.79 Å². The summed E-state index contributed by atoms with van der Waals surface area (Å²) in [6, 6.07) is 8.35. The van der Waals surface area contributed by atoms with E-state index in [4.69, 9.17) is 10.7 Å². The lowest BCUT2D eigenvalue weighted by Crippen LogP contribution is -2.49. The van der Waals surface area contributed by atoms with Crippen molar-refractivity contribution in [2.75, 3.05) is 51.7 Å². The van der Waals surface area contributed by atoms with Gasteiger partial charge in [0.2, 0.25) is 5.91 Å². The van der Waals surface area contributed by atoms with Gasteiger partial charge in [0.05, 0.1) is 12.1 Å². The molecule has 26 heavy (non-hydrogen) atoms. The number of aryl methyl sites for hydroxylation is 1. The first-order valence-corrected chi connectivity index (χ1v) is 9.20. The third-order valence-electron chi connectivity index (χ3n) is 5.08. The number of carbonyl (C=O) groups excluding carboxylic acids is 1. The van der Waals surface area contributed by atoms with E-state index in [1.807, 2.05) is 6.92 Å². The summed E-state index contributed by atoms with van der Waals surface area (Å²) >= 11 is 0. The molecule has 0 spiro atoms. The lowest BCUT2D eigenvalue weighted by Gasteiger charge is -2.36. The Labute approximate surface area is 155 Å². The Kier molecular flexibility index (Phi) is 5.44. The summed E-state index contributed by atoms with van der Waals surface area (Å²) < 4.78 is 0. The highest BCUT2D eigenvalue weighted by atomic mass is 16.2. The number of nitrogens with zero attached hydrogens (tertiary/aromatic N) is 4. The maximum Gasteiger partial charge on any atom is 0.236 e. The van der Waals surface area contributed by atoms with Gasteiger partial charge in [-0.05, 0) is 25.5 Å². The predicted molar refractivity (Wildman–Crippen MR) is 106 cm³/mol. The van der Waals surface area contributed by atoms with Crippen molar-refractivity contribution >= 4 is 22.6 Å². The van der Waals surface area contributed by atoms with E-state index in [0.717, 1.165) is 48.5 Å². The Morgan fingerprint density at radius 2 is 1.96 bits per heavy atom. The molecule has 3 rings (SSSR count). The summed E-state index contributed by atoms with van der Waals surface area (Å²) in [5.74, 6) is 1.13. The van der Waals surface area contributed by atoms with E-state index in [-0.39, 0.29) is 11.9 Å². The molecule has 1 aliphatic rings. The normalized spacial score (nSPS) is 16.7. The van der Waals surface area contributed by atoms with E-state index in [2.05, 4.69) is 41.0 Å². The Balaban J connectivity index is 1.83. The molecule has 140 valence electrons. The lowest BCUT2D eigenvalue weighted by molar-refractivity contribution is -0.129. The van der Waals surface area contributed by atoms with Gasteiger partial charge in [0.1, 0.15) is 5.82 Å². The molecule has 2 aromatic rings. The fourth-order valence-corrected chi connectivity index (χ4v) is 3.39. The van der Waals surface area contributed by atoms with Crippen molar-refractivity contribution in [3.63, 3.8) is 0 Å². The zero-order chi connectivity index (χ0) is 18.8. The first-order valence-electron chi connectivity index (χ1n) is 9.20. The van der Waals surface area contributed by atoms with Crippen LogP contribution < -0.4 is 10.6 Å². The molecule has 2 heterocycles. The van der Waals surface area contributed by atoms with Gasteiger partial charge in [0.15, 0.2) is 0 Å². The standard InChI is InChI=1S/C20H29N5O/c1-14-6-5-7-16-12-17(15(2)21)20(22-19(14)16)25-10-8-24(9-11-25)13-18(26)23(3)4/h5-7,12,15H,8-11,13,21H2,1-4H3. The SMILES string of the molecule is Cc1cccc2cc(C(C)N)c(N3CCN(CC(=O)N(C)C)CC3)nc12. The van der Waals surface area contributed by atoms with Crippen LogP contribution in [0.15, 0.2) is 24.3 Å². The van der Waals surface area contributed by atoms with Gasteiger partial charge < -0.3 is 15.5 Å². The number of amides is 1. The van der Waals surface area contributed by atoms with Gasteiger partial charge in [-0.1, -0.05) is 18.2 Å². The van der Waals surface area contributed by atoms with Gasteiger partial charge in [-0.3, -0.25) is 9.69 Å². The number of para-hydroxylation sites is 1. The Bertz CT molecular complexity index is 794. The molecule has 1 aromatic carbocycles. The van der Waals surface area contributed by atoms with Gasteiger partial charge in [-0.15, -0.1) is 0 Å². The van der Waals surface area contributed by atoms with Gasteiger partial charge >= 0.3 is 0 Å². The van der Waals surface area contributed by atoms with Crippen molar-refractivity contribution in [3.05, 3.63) is 35.4 Å². The van der Waals surface area contributed by atoms with Crippen LogP contribution in [0.1, 0.15) is 24.1 Å². The van der Waals surface area contributed by atoms with Crippen LogP contribution in [-0.2, 0) is 4.79 Å². The molecule has 1 fully saturated rings. The van der Waals surface area contributed by atoms with Crippen LogP contribution in [0.4, 0.5) is 5.82 Å². The minimum absolute atomic E-state index is 0.0734. The first kappa shape index (κ1) is 18.6. The number of hydrogen-bond donors (Lipinski definition) is 1. The Morgan fingerprint density at radius 3 is 2.58 bits per heavy atom. The van der Waals surface area contributed by atoms with Gasteiger partial charge in [-0.2, -0.15) is 0 Å². The lowest BCUT2D eigenvalue weighted by atomic mass is 10.0. The third kappa shape index (κ3) is 3.81. The van der Waals surface area contributed by atoms with Crippen molar-refractivity contribution in [3.8, 4) is 0 Å². The second-order valence-electron chi connectivity index (χ2n) is 7.39. The summed E-state index contributed by atoms with van der Waals surface area (Å²) in [7, 11) is 3.60. The number of piperazine rings is 1. The molecule has 0 aliphatic carbocycles. The van der Waals surface area contributed by atoms with Crippen molar-refractivity contribution in [1.29, 1.82) is 0 Å². The molecule has 6 heteroatoms. The van der Waals surface area contributed by atoms with Crippen molar-refractivity contribution in [1.82, 2.24) is 14.8 Å². The fourth-order valence-electron chi connectivity index (χ4n) is 3.39.